The zero-order chi connectivity index (χ0) is 19.8. The summed E-state index contributed by atoms with van der Waals surface area (Å²) in [6.07, 6.45) is 0.0749. The van der Waals surface area contributed by atoms with Gasteiger partial charge in [0.25, 0.3) is 0 Å². The minimum Gasteiger partial charge on any atom is -0.370 e. The summed E-state index contributed by atoms with van der Waals surface area (Å²) < 4.78 is 26.3. The number of hydrogen-bond acceptors (Lipinski definition) is 3. The smallest absolute Gasteiger partial charge is 0.237 e. The number of nitrogens with zero attached hydrogens (tertiary/aromatic N) is 2. The molecule has 2 aromatic rings. The van der Waals surface area contributed by atoms with Crippen LogP contribution in [-0.4, -0.2) is 41.8 Å². The maximum atomic E-state index is 13.3. The third-order valence-electron chi connectivity index (χ3n) is 4.04. The fourth-order valence-corrected chi connectivity index (χ4v) is 2.68. The summed E-state index contributed by atoms with van der Waals surface area (Å²) in [5, 5.41) is 0. The summed E-state index contributed by atoms with van der Waals surface area (Å²) in [4.78, 5) is 27.1. The highest BCUT2D eigenvalue weighted by Crippen LogP contribution is 2.11. The first-order chi connectivity index (χ1) is 12.8. The van der Waals surface area contributed by atoms with Crippen molar-refractivity contribution in [1.82, 2.24) is 9.80 Å². The van der Waals surface area contributed by atoms with E-state index in [1.165, 1.54) is 6.07 Å². The normalized spacial score (nSPS) is 10.8. The van der Waals surface area contributed by atoms with E-state index < -0.39 is 17.5 Å². The number of benzene rings is 2. The second kappa shape index (κ2) is 9.78. The Labute approximate surface area is 157 Å². The Morgan fingerprint density at radius 2 is 1.67 bits per heavy atom. The Morgan fingerprint density at radius 1 is 0.963 bits per heavy atom. The van der Waals surface area contributed by atoms with Crippen molar-refractivity contribution in [2.24, 2.45) is 5.73 Å². The van der Waals surface area contributed by atoms with Crippen molar-refractivity contribution in [2.75, 3.05) is 20.1 Å². The Morgan fingerprint density at radius 3 is 2.30 bits per heavy atom. The van der Waals surface area contributed by atoms with Gasteiger partial charge in [-0.3, -0.25) is 14.5 Å². The third-order valence-corrected chi connectivity index (χ3v) is 4.04. The highest BCUT2D eigenvalue weighted by molar-refractivity contribution is 5.79. The van der Waals surface area contributed by atoms with Gasteiger partial charge in [-0.05, 0) is 30.3 Å². The molecular formula is C20H23F2N3O2. The van der Waals surface area contributed by atoms with Gasteiger partial charge in [-0.1, -0.05) is 36.4 Å². The third kappa shape index (κ3) is 6.79. The Kier molecular flexibility index (Phi) is 7.43. The summed E-state index contributed by atoms with van der Waals surface area (Å²) >= 11 is 0. The van der Waals surface area contributed by atoms with Crippen molar-refractivity contribution in [3.8, 4) is 0 Å². The van der Waals surface area contributed by atoms with Gasteiger partial charge in [0.2, 0.25) is 11.8 Å². The zero-order valence-corrected chi connectivity index (χ0v) is 15.2. The summed E-state index contributed by atoms with van der Waals surface area (Å²) in [5.74, 6) is -2.47. The van der Waals surface area contributed by atoms with Gasteiger partial charge in [-0.15, -0.1) is 0 Å². The number of nitrogens with two attached hydrogens (primary N) is 1. The molecule has 2 aromatic carbocycles. The molecule has 0 heterocycles. The van der Waals surface area contributed by atoms with Crippen LogP contribution in [0.4, 0.5) is 8.78 Å². The van der Waals surface area contributed by atoms with Crippen LogP contribution < -0.4 is 5.73 Å². The predicted octanol–water partition coefficient (Wildman–Crippen LogP) is 2.30. The highest BCUT2D eigenvalue weighted by atomic mass is 19.2. The molecule has 2 amide bonds. The van der Waals surface area contributed by atoms with Crippen molar-refractivity contribution < 1.29 is 18.4 Å². The van der Waals surface area contributed by atoms with Crippen LogP contribution in [-0.2, 0) is 22.7 Å². The predicted molar refractivity (Wildman–Crippen MR) is 98.4 cm³/mol. The first-order valence-corrected chi connectivity index (χ1v) is 8.57. The zero-order valence-electron chi connectivity index (χ0n) is 15.2. The van der Waals surface area contributed by atoms with Crippen molar-refractivity contribution in [3.05, 3.63) is 71.3 Å². The van der Waals surface area contributed by atoms with Crippen LogP contribution in [0.25, 0.3) is 0 Å². The molecule has 0 bridgehead atoms. The maximum absolute atomic E-state index is 13.3. The van der Waals surface area contributed by atoms with Crippen molar-refractivity contribution in [3.63, 3.8) is 0 Å². The molecule has 2 rings (SSSR count). The average molecular weight is 375 g/mol. The van der Waals surface area contributed by atoms with Gasteiger partial charge >= 0.3 is 0 Å². The molecule has 7 heteroatoms. The lowest BCUT2D eigenvalue weighted by Gasteiger charge is -2.25. The molecular weight excluding hydrogens is 352 g/mol. The molecule has 0 radical (unpaired) electrons. The van der Waals surface area contributed by atoms with E-state index >= 15 is 0 Å². The van der Waals surface area contributed by atoms with Crippen LogP contribution >= 0.6 is 0 Å². The van der Waals surface area contributed by atoms with Gasteiger partial charge < -0.3 is 10.6 Å². The monoisotopic (exact) mass is 375 g/mol. The quantitative estimate of drug-likeness (QED) is 0.731. The number of likely N-dealkylation sites (N-methyl/N-ethyl adjacent to an activating group) is 1. The second-order valence-corrected chi connectivity index (χ2v) is 6.44. The van der Waals surface area contributed by atoms with E-state index in [0.29, 0.717) is 12.1 Å². The SMILES string of the molecule is CN(CC(=O)N(CCC(N)=O)Cc1ccccc1)Cc1ccc(F)c(F)c1. The average Bonchev–Trinajstić information content (AvgIpc) is 2.62. The molecule has 0 spiro atoms. The molecule has 2 N–H and O–H groups in total. The van der Waals surface area contributed by atoms with Crippen molar-refractivity contribution in [1.29, 1.82) is 0 Å². The lowest BCUT2D eigenvalue weighted by atomic mass is 10.2. The second-order valence-electron chi connectivity index (χ2n) is 6.44. The Balaban J connectivity index is 2.00. The Hall–Kier alpha value is -2.80. The van der Waals surface area contributed by atoms with Crippen LogP contribution in [0, 0.1) is 11.6 Å². The lowest BCUT2D eigenvalue weighted by Crippen LogP contribution is -2.40. The summed E-state index contributed by atoms with van der Waals surface area (Å²) in [5.41, 5.74) is 6.72. The minimum atomic E-state index is -0.917. The van der Waals surface area contributed by atoms with E-state index in [4.69, 9.17) is 5.73 Å². The van der Waals surface area contributed by atoms with Gasteiger partial charge in [0, 0.05) is 26.1 Å². The highest BCUT2D eigenvalue weighted by Gasteiger charge is 2.17. The fraction of sp³-hybridized carbons (Fsp3) is 0.300. The molecule has 0 aliphatic carbocycles. The number of halogens is 2. The molecule has 0 aromatic heterocycles. The van der Waals surface area contributed by atoms with E-state index in [2.05, 4.69) is 0 Å². The standard InChI is InChI=1S/C20H23F2N3O2/c1-24(12-16-7-8-17(21)18(22)11-16)14-20(27)25(10-9-19(23)26)13-15-5-3-2-4-6-15/h2-8,11H,9-10,12-14H2,1H3,(H2,23,26). The molecule has 144 valence electrons. The van der Waals surface area contributed by atoms with Crippen molar-refractivity contribution in [2.45, 2.75) is 19.5 Å². The molecule has 0 aliphatic rings. The molecule has 0 unspecified atom stereocenters. The van der Waals surface area contributed by atoms with E-state index in [0.717, 1.165) is 17.7 Å². The maximum Gasteiger partial charge on any atom is 0.237 e. The number of amides is 2. The van der Waals surface area contributed by atoms with Crippen LogP contribution in [0.1, 0.15) is 17.5 Å². The number of rotatable bonds is 9. The van der Waals surface area contributed by atoms with E-state index in [9.17, 15) is 18.4 Å². The van der Waals surface area contributed by atoms with Gasteiger partial charge in [0.05, 0.1) is 6.54 Å². The molecule has 0 saturated heterocycles. The number of carbonyl (C=O) groups is 2. The van der Waals surface area contributed by atoms with E-state index in [1.54, 1.807) is 16.8 Å². The number of primary amides is 1. The minimum absolute atomic E-state index is 0.0740. The topological polar surface area (TPSA) is 66.6 Å². The summed E-state index contributed by atoms with van der Waals surface area (Å²) in [7, 11) is 1.72. The molecule has 0 saturated carbocycles. The molecule has 0 fully saturated rings. The Bertz CT molecular complexity index is 784. The largest absolute Gasteiger partial charge is 0.370 e. The van der Waals surface area contributed by atoms with E-state index in [-0.39, 0.29) is 32.0 Å². The molecule has 0 aliphatic heterocycles. The molecule has 5 nitrogen and oxygen atoms in total. The van der Waals surface area contributed by atoms with Gasteiger partial charge in [-0.25, -0.2) is 8.78 Å². The first-order valence-electron chi connectivity index (χ1n) is 8.57. The van der Waals surface area contributed by atoms with Crippen LogP contribution in [0.2, 0.25) is 0 Å². The molecule has 0 atom stereocenters. The number of carbonyl (C=O) groups excluding carboxylic acids is 2. The van der Waals surface area contributed by atoms with Gasteiger partial charge in [-0.2, -0.15) is 0 Å². The summed E-state index contributed by atoms with van der Waals surface area (Å²) in [6.45, 7) is 0.955. The summed E-state index contributed by atoms with van der Waals surface area (Å²) in [6, 6.07) is 13.1. The number of hydrogen-bond donors (Lipinski definition) is 1. The van der Waals surface area contributed by atoms with Gasteiger partial charge in [0.1, 0.15) is 0 Å². The van der Waals surface area contributed by atoms with Gasteiger partial charge in [0.15, 0.2) is 11.6 Å². The van der Waals surface area contributed by atoms with Crippen LogP contribution in [0.5, 0.6) is 0 Å². The molecule has 27 heavy (non-hydrogen) atoms. The lowest BCUT2D eigenvalue weighted by molar-refractivity contribution is -0.133. The van der Waals surface area contributed by atoms with Crippen LogP contribution in [0.15, 0.2) is 48.5 Å². The fourth-order valence-electron chi connectivity index (χ4n) is 2.68. The first kappa shape index (κ1) is 20.5. The van der Waals surface area contributed by atoms with Crippen molar-refractivity contribution >= 4 is 11.8 Å². The van der Waals surface area contributed by atoms with E-state index in [1.807, 2.05) is 30.3 Å². The van der Waals surface area contributed by atoms with Crippen LogP contribution in [0.3, 0.4) is 0 Å².